The molecule has 55 heavy (non-hydrogen) atoms. The summed E-state index contributed by atoms with van der Waals surface area (Å²) in [4.78, 5) is 42.9. The highest BCUT2D eigenvalue weighted by molar-refractivity contribution is 7.46. The van der Waals surface area contributed by atoms with E-state index in [1.54, 1.807) is 0 Å². The van der Waals surface area contributed by atoms with E-state index < -0.39 is 32.5 Å². The molecule has 0 aliphatic rings. The van der Waals surface area contributed by atoms with Gasteiger partial charge in [-0.15, -0.1) is 0 Å². The lowest BCUT2D eigenvalue weighted by molar-refractivity contribution is -0.161. The van der Waals surface area contributed by atoms with Crippen LogP contribution in [0.15, 0.2) is 60.8 Å². The van der Waals surface area contributed by atoms with Crippen molar-refractivity contribution in [3.8, 4) is 0 Å². The Balaban J connectivity index is 4.01. The van der Waals surface area contributed by atoms with Gasteiger partial charge in [-0.05, 0) is 77.0 Å². The van der Waals surface area contributed by atoms with Crippen LogP contribution in [0.1, 0.15) is 187 Å². The number of ether oxygens (including phenoxy) is 2. The lowest BCUT2D eigenvalue weighted by Gasteiger charge is -2.18. The average molecular weight is 795 g/mol. The van der Waals surface area contributed by atoms with Gasteiger partial charge in [-0.1, -0.05) is 158 Å². The number of aliphatic hydroxyl groups is 1. The van der Waals surface area contributed by atoms with Crippen LogP contribution in [-0.4, -0.2) is 52.3 Å². The van der Waals surface area contributed by atoms with Gasteiger partial charge in [-0.25, -0.2) is 4.57 Å². The van der Waals surface area contributed by atoms with Gasteiger partial charge in [-0.3, -0.25) is 14.1 Å². The zero-order valence-corrected chi connectivity index (χ0v) is 35.6. The van der Waals surface area contributed by atoms with Gasteiger partial charge < -0.3 is 24.4 Å². The van der Waals surface area contributed by atoms with Crippen molar-refractivity contribution < 1.29 is 43.0 Å². The van der Waals surface area contributed by atoms with Crippen molar-refractivity contribution in [3.05, 3.63) is 60.8 Å². The molecule has 2 atom stereocenters. The van der Waals surface area contributed by atoms with E-state index >= 15 is 0 Å². The molecule has 0 aromatic rings. The van der Waals surface area contributed by atoms with Gasteiger partial charge in [0.25, 0.3) is 0 Å². The van der Waals surface area contributed by atoms with Gasteiger partial charge in [0.15, 0.2) is 6.10 Å². The Hall–Kier alpha value is -2.29. The fraction of sp³-hybridized carbons (Fsp3) is 0.733. The van der Waals surface area contributed by atoms with Crippen molar-refractivity contribution in [1.82, 2.24) is 0 Å². The van der Waals surface area contributed by atoms with Gasteiger partial charge in [0.1, 0.15) is 6.61 Å². The number of allylic oxidation sites excluding steroid dienone is 9. The molecular formula is C45H79O9P. The molecule has 0 bridgehead atoms. The zero-order valence-electron chi connectivity index (χ0n) is 34.7. The second-order valence-electron chi connectivity index (χ2n) is 14.5. The van der Waals surface area contributed by atoms with E-state index in [0.29, 0.717) is 25.7 Å². The zero-order chi connectivity index (χ0) is 40.5. The average Bonchev–Trinajstić information content (AvgIpc) is 3.15. The van der Waals surface area contributed by atoms with E-state index in [4.69, 9.17) is 19.3 Å². The molecule has 0 radical (unpaired) electrons. The van der Waals surface area contributed by atoms with Crippen LogP contribution >= 0.6 is 7.82 Å². The monoisotopic (exact) mass is 795 g/mol. The Bertz CT molecular complexity index is 1090. The molecule has 0 aliphatic carbocycles. The summed E-state index contributed by atoms with van der Waals surface area (Å²) in [5.41, 5.74) is 0. The first kappa shape index (κ1) is 52.7. The molecule has 9 nitrogen and oxygen atoms in total. The van der Waals surface area contributed by atoms with E-state index in [1.807, 2.05) is 18.2 Å². The molecule has 10 heteroatoms. The highest BCUT2D eigenvalue weighted by Crippen LogP contribution is 2.36. The van der Waals surface area contributed by atoms with Crippen molar-refractivity contribution in [2.75, 3.05) is 13.2 Å². The van der Waals surface area contributed by atoms with Crippen LogP contribution in [0.4, 0.5) is 0 Å². The Labute approximate surface area is 335 Å². The smallest absolute Gasteiger partial charge is 0.462 e. The largest absolute Gasteiger partial charge is 0.469 e. The number of unbranched alkanes of at least 4 members (excludes halogenated alkanes) is 16. The molecule has 0 fully saturated rings. The predicted molar refractivity (Wildman–Crippen MR) is 227 cm³/mol. The van der Waals surface area contributed by atoms with Crippen molar-refractivity contribution in [2.45, 2.75) is 199 Å². The summed E-state index contributed by atoms with van der Waals surface area (Å²) in [5.74, 6) is -0.974. The van der Waals surface area contributed by atoms with Gasteiger partial charge in [-0.2, -0.15) is 0 Å². The Kier molecular flexibility index (Phi) is 38.3. The number of aliphatic hydroxyl groups excluding tert-OH is 1. The number of carbonyl (C=O) groups excluding carboxylic acids is 2. The van der Waals surface area contributed by atoms with Gasteiger partial charge in [0.2, 0.25) is 0 Å². The number of phosphoric acid groups is 1. The minimum absolute atomic E-state index is 0.119. The second kappa shape index (κ2) is 39.9. The fourth-order valence-corrected chi connectivity index (χ4v) is 6.21. The van der Waals surface area contributed by atoms with E-state index in [1.165, 1.54) is 83.5 Å². The highest BCUT2D eigenvalue weighted by atomic mass is 31.2. The number of rotatable bonds is 39. The van der Waals surface area contributed by atoms with Crippen molar-refractivity contribution >= 4 is 19.8 Å². The summed E-state index contributed by atoms with van der Waals surface area (Å²) in [6, 6.07) is 0. The Morgan fingerprint density at radius 3 is 1.55 bits per heavy atom. The predicted octanol–water partition coefficient (Wildman–Crippen LogP) is 12.3. The fourth-order valence-electron chi connectivity index (χ4n) is 5.85. The van der Waals surface area contributed by atoms with Crippen molar-refractivity contribution in [2.24, 2.45) is 0 Å². The number of esters is 2. The van der Waals surface area contributed by atoms with Gasteiger partial charge in [0.05, 0.1) is 12.7 Å². The molecule has 3 N–H and O–H groups in total. The third-order valence-electron chi connectivity index (χ3n) is 9.06. The molecule has 0 rings (SSSR count). The van der Waals surface area contributed by atoms with E-state index in [0.717, 1.165) is 51.4 Å². The SMILES string of the molecule is CCCCCCCC/C=C\CCCCCCCCCCCC(=O)OC[C@H](COP(=O)(O)O)OC(=O)CCC/C=C\C/C=C\C/C=C\C/C=C\CC(O)CCC. The molecule has 0 aliphatic heterocycles. The Morgan fingerprint density at radius 2 is 1.00 bits per heavy atom. The van der Waals surface area contributed by atoms with Crippen LogP contribution in [0.25, 0.3) is 0 Å². The summed E-state index contributed by atoms with van der Waals surface area (Å²) in [5, 5.41) is 9.71. The van der Waals surface area contributed by atoms with Gasteiger partial charge in [0, 0.05) is 12.8 Å². The minimum atomic E-state index is -4.78. The molecule has 1 unspecified atom stereocenters. The van der Waals surface area contributed by atoms with Crippen LogP contribution in [0, 0.1) is 0 Å². The minimum Gasteiger partial charge on any atom is -0.462 e. The van der Waals surface area contributed by atoms with Crippen molar-refractivity contribution in [1.29, 1.82) is 0 Å². The number of hydrogen-bond donors (Lipinski definition) is 3. The third kappa shape index (κ3) is 42.7. The number of hydrogen-bond acceptors (Lipinski definition) is 7. The maximum atomic E-state index is 12.4. The van der Waals surface area contributed by atoms with Crippen LogP contribution in [0.2, 0.25) is 0 Å². The summed E-state index contributed by atoms with van der Waals surface area (Å²) in [6.07, 6.45) is 47.2. The second-order valence-corrected chi connectivity index (χ2v) is 15.7. The molecular weight excluding hydrogens is 715 g/mol. The molecule has 318 valence electrons. The quantitative estimate of drug-likeness (QED) is 0.0240. The first-order chi connectivity index (χ1) is 26.7. The maximum absolute atomic E-state index is 12.4. The van der Waals surface area contributed by atoms with E-state index in [9.17, 15) is 19.3 Å². The first-order valence-corrected chi connectivity index (χ1v) is 23.2. The van der Waals surface area contributed by atoms with Crippen LogP contribution in [0.5, 0.6) is 0 Å². The highest BCUT2D eigenvalue weighted by Gasteiger charge is 2.22. The lowest BCUT2D eigenvalue weighted by Crippen LogP contribution is -2.29. The summed E-state index contributed by atoms with van der Waals surface area (Å²) in [7, 11) is -4.78. The van der Waals surface area contributed by atoms with E-state index in [2.05, 4.69) is 60.9 Å². The van der Waals surface area contributed by atoms with Crippen molar-refractivity contribution in [3.63, 3.8) is 0 Å². The topological polar surface area (TPSA) is 140 Å². The maximum Gasteiger partial charge on any atom is 0.469 e. The van der Waals surface area contributed by atoms with Crippen LogP contribution in [0.3, 0.4) is 0 Å². The molecule has 0 amide bonds. The number of carbonyl (C=O) groups is 2. The standard InChI is InChI=1S/C45H79O9P/c1-3-5-6-7-8-9-10-11-12-13-14-15-16-19-22-25-28-31-34-38-44(47)52-40-43(41-53-55(49,50)51)54-45(48)39-35-32-29-26-23-20-17-18-21-24-27-30-33-37-42(46)36-4-2/h11-12,17,20-21,24,26,29-30,33,42-43,46H,3-10,13-16,18-19,22-23,25,27-28,31-32,34-41H2,1-2H3,(H2,49,50,51)/b12-11-,20-17-,24-21-,29-26-,33-30-/t42?,43-/m1/s1. The van der Waals surface area contributed by atoms with Crippen LogP contribution in [-0.2, 0) is 28.2 Å². The van der Waals surface area contributed by atoms with E-state index in [-0.39, 0.29) is 25.6 Å². The molecule has 0 aromatic carbocycles. The molecule has 0 saturated carbocycles. The molecule has 0 heterocycles. The van der Waals surface area contributed by atoms with Gasteiger partial charge >= 0.3 is 19.8 Å². The Morgan fingerprint density at radius 1 is 0.545 bits per heavy atom. The molecule has 0 spiro atoms. The normalized spacial score (nSPS) is 13.6. The summed E-state index contributed by atoms with van der Waals surface area (Å²) in [6.45, 7) is 3.44. The third-order valence-corrected chi connectivity index (χ3v) is 9.55. The molecule has 0 saturated heterocycles. The summed E-state index contributed by atoms with van der Waals surface area (Å²) < 4.78 is 26.3. The number of phosphoric ester groups is 1. The summed E-state index contributed by atoms with van der Waals surface area (Å²) >= 11 is 0. The first-order valence-electron chi connectivity index (χ1n) is 21.7. The van der Waals surface area contributed by atoms with Crippen LogP contribution < -0.4 is 0 Å². The molecule has 0 aromatic heterocycles. The lowest BCUT2D eigenvalue weighted by atomic mass is 10.1.